The summed E-state index contributed by atoms with van der Waals surface area (Å²) in [5, 5.41) is 0. The number of hydrogen-bond donors (Lipinski definition) is 0. The quantitative estimate of drug-likeness (QED) is 0.610. The van der Waals surface area contributed by atoms with Crippen molar-refractivity contribution in [3.05, 3.63) is 42.0 Å². The van der Waals surface area contributed by atoms with E-state index in [0.717, 1.165) is 32.1 Å². The molecule has 1 aromatic rings. The van der Waals surface area contributed by atoms with Crippen molar-refractivity contribution in [3.63, 3.8) is 0 Å². The van der Waals surface area contributed by atoms with Crippen molar-refractivity contribution in [2.24, 2.45) is 4.99 Å². The maximum atomic E-state index is 5.42. The van der Waals surface area contributed by atoms with Crippen LogP contribution in [0.1, 0.15) is 26.3 Å². The average molecular weight is 272 g/mol. The molecule has 0 spiro atoms. The summed E-state index contributed by atoms with van der Waals surface area (Å²) in [5.74, 6) is 1.05. The Balaban J connectivity index is 2.18. The second-order valence-corrected chi connectivity index (χ2v) is 5.98. The molecule has 20 heavy (non-hydrogen) atoms. The standard InChI is InChI=1S/C17H24N2O/c1-17(2,3)18-16(19-11-13-20-14-12-19)10-9-15-7-5-4-6-8-15/h4-10H,11-14H2,1-3H3/b10-9+,18-16?. The summed E-state index contributed by atoms with van der Waals surface area (Å²) in [6.45, 7) is 9.77. The summed E-state index contributed by atoms with van der Waals surface area (Å²) in [7, 11) is 0. The van der Waals surface area contributed by atoms with Crippen LogP contribution in [-0.4, -0.2) is 42.6 Å². The first-order chi connectivity index (χ1) is 9.54. The zero-order chi connectivity index (χ0) is 14.4. The molecule has 0 N–H and O–H groups in total. The molecule has 0 radical (unpaired) electrons. The molecule has 1 saturated heterocycles. The monoisotopic (exact) mass is 272 g/mol. The maximum absolute atomic E-state index is 5.42. The number of amidine groups is 1. The van der Waals surface area contributed by atoms with Crippen LogP contribution in [0, 0.1) is 0 Å². The molecule has 1 aliphatic heterocycles. The second-order valence-electron chi connectivity index (χ2n) is 5.98. The van der Waals surface area contributed by atoms with E-state index in [1.807, 2.05) is 6.07 Å². The van der Waals surface area contributed by atoms with E-state index in [1.165, 1.54) is 5.56 Å². The van der Waals surface area contributed by atoms with Gasteiger partial charge in [-0.15, -0.1) is 0 Å². The van der Waals surface area contributed by atoms with E-state index in [4.69, 9.17) is 9.73 Å². The minimum atomic E-state index is -0.0747. The number of morpholine rings is 1. The van der Waals surface area contributed by atoms with Gasteiger partial charge in [0, 0.05) is 13.1 Å². The van der Waals surface area contributed by atoms with Crippen LogP contribution in [0.2, 0.25) is 0 Å². The van der Waals surface area contributed by atoms with Gasteiger partial charge in [-0.25, -0.2) is 0 Å². The number of benzene rings is 1. The van der Waals surface area contributed by atoms with E-state index in [1.54, 1.807) is 0 Å². The van der Waals surface area contributed by atoms with Crippen molar-refractivity contribution in [1.82, 2.24) is 4.90 Å². The third-order valence-corrected chi connectivity index (χ3v) is 3.01. The van der Waals surface area contributed by atoms with Gasteiger partial charge in [0.15, 0.2) is 0 Å². The van der Waals surface area contributed by atoms with E-state index < -0.39 is 0 Å². The van der Waals surface area contributed by atoms with Crippen LogP contribution >= 0.6 is 0 Å². The SMILES string of the molecule is CC(C)(C)N=C(/C=C/c1ccccc1)N1CCOCC1. The average Bonchev–Trinajstić information content (AvgIpc) is 2.44. The van der Waals surface area contributed by atoms with Crippen LogP contribution in [0.25, 0.3) is 6.08 Å². The molecular weight excluding hydrogens is 248 g/mol. The molecule has 0 amide bonds. The molecule has 1 heterocycles. The Morgan fingerprint density at radius 2 is 1.80 bits per heavy atom. The summed E-state index contributed by atoms with van der Waals surface area (Å²) in [4.78, 5) is 7.15. The Kier molecular flexibility index (Phi) is 4.96. The molecule has 2 rings (SSSR count). The molecule has 3 heteroatoms. The fourth-order valence-electron chi connectivity index (χ4n) is 2.08. The molecule has 0 aliphatic carbocycles. The highest BCUT2D eigenvalue weighted by molar-refractivity contribution is 5.96. The number of rotatable bonds is 2. The fraction of sp³-hybridized carbons (Fsp3) is 0.471. The Labute approximate surface area is 122 Å². The minimum absolute atomic E-state index is 0.0747. The highest BCUT2D eigenvalue weighted by Gasteiger charge is 2.16. The van der Waals surface area contributed by atoms with Gasteiger partial charge in [0.05, 0.1) is 18.8 Å². The predicted octanol–water partition coefficient (Wildman–Crippen LogP) is 3.23. The van der Waals surface area contributed by atoms with Gasteiger partial charge in [0.1, 0.15) is 5.84 Å². The van der Waals surface area contributed by atoms with Crippen LogP contribution in [0.15, 0.2) is 41.4 Å². The van der Waals surface area contributed by atoms with Crippen molar-refractivity contribution in [2.45, 2.75) is 26.3 Å². The van der Waals surface area contributed by atoms with Crippen molar-refractivity contribution in [1.29, 1.82) is 0 Å². The zero-order valence-electron chi connectivity index (χ0n) is 12.7. The van der Waals surface area contributed by atoms with E-state index in [0.29, 0.717) is 0 Å². The van der Waals surface area contributed by atoms with Crippen LogP contribution in [0.4, 0.5) is 0 Å². The first kappa shape index (κ1) is 14.8. The second kappa shape index (κ2) is 6.71. The van der Waals surface area contributed by atoms with Gasteiger partial charge in [-0.3, -0.25) is 4.99 Å². The van der Waals surface area contributed by atoms with E-state index in [9.17, 15) is 0 Å². The summed E-state index contributed by atoms with van der Waals surface area (Å²) in [6, 6.07) is 10.3. The van der Waals surface area contributed by atoms with Gasteiger partial charge >= 0.3 is 0 Å². The topological polar surface area (TPSA) is 24.8 Å². The van der Waals surface area contributed by atoms with E-state index in [-0.39, 0.29) is 5.54 Å². The Morgan fingerprint density at radius 1 is 1.15 bits per heavy atom. The molecule has 0 aromatic heterocycles. The lowest BCUT2D eigenvalue weighted by molar-refractivity contribution is 0.0681. The van der Waals surface area contributed by atoms with Gasteiger partial charge < -0.3 is 9.64 Å². The molecule has 0 bridgehead atoms. The highest BCUT2D eigenvalue weighted by Crippen LogP contribution is 2.12. The summed E-state index contributed by atoms with van der Waals surface area (Å²) in [6.07, 6.45) is 4.24. The highest BCUT2D eigenvalue weighted by atomic mass is 16.5. The largest absolute Gasteiger partial charge is 0.378 e. The van der Waals surface area contributed by atoms with Crippen LogP contribution < -0.4 is 0 Å². The number of nitrogens with zero attached hydrogens (tertiary/aromatic N) is 2. The van der Waals surface area contributed by atoms with Gasteiger partial charge in [-0.1, -0.05) is 36.4 Å². The number of hydrogen-bond acceptors (Lipinski definition) is 2. The van der Waals surface area contributed by atoms with Gasteiger partial charge in [-0.05, 0) is 32.4 Å². The number of ether oxygens (including phenoxy) is 1. The molecule has 1 aromatic carbocycles. The first-order valence-electron chi connectivity index (χ1n) is 7.20. The van der Waals surface area contributed by atoms with Crippen LogP contribution in [0.5, 0.6) is 0 Å². The molecule has 0 unspecified atom stereocenters. The third kappa shape index (κ3) is 4.82. The number of aliphatic imine (C=N–C) groups is 1. The van der Waals surface area contributed by atoms with Crippen LogP contribution in [-0.2, 0) is 4.74 Å². The van der Waals surface area contributed by atoms with Gasteiger partial charge in [0.2, 0.25) is 0 Å². The molecule has 0 atom stereocenters. The van der Waals surface area contributed by atoms with Gasteiger partial charge in [-0.2, -0.15) is 0 Å². The van der Waals surface area contributed by atoms with Crippen molar-refractivity contribution in [2.75, 3.05) is 26.3 Å². The molecule has 108 valence electrons. The minimum Gasteiger partial charge on any atom is -0.378 e. The van der Waals surface area contributed by atoms with Crippen molar-refractivity contribution in [3.8, 4) is 0 Å². The molecule has 1 aliphatic rings. The molecule has 1 fully saturated rings. The molecule has 3 nitrogen and oxygen atoms in total. The summed E-state index contributed by atoms with van der Waals surface area (Å²) < 4.78 is 5.42. The lowest BCUT2D eigenvalue weighted by Gasteiger charge is -2.30. The predicted molar refractivity (Wildman–Crippen MR) is 85.1 cm³/mol. The van der Waals surface area contributed by atoms with Gasteiger partial charge in [0.25, 0.3) is 0 Å². The smallest absolute Gasteiger partial charge is 0.124 e. The lowest BCUT2D eigenvalue weighted by Crippen LogP contribution is -2.41. The maximum Gasteiger partial charge on any atom is 0.124 e. The van der Waals surface area contributed by atoms with Crippen molar-refractivity contribution >= 4 is 11.9 Å². The third-order valence-electron chi connectivity index (χ3n) is 3.01. The molecular formula is C17H24N2O. The van der Waals surface area contributed by atoms with E-state index >= 15 is 0 Å². The molecule has 0 saturated carbocycles. The van der Waals surface area contributed by atoms with Crippen molar-refractivity contribution < 1.29 is 4.74 Å². The fourth-order valence-corrected chi connectivity index (χ4v) is 2.08. The van der Waals surface area contributed by atoms with E-state index in [2.05, 4.69) is 62.1 Å². The zero-order valence-corrected chi connectivity index (χ0v) is 12.7. The summed E-state index contributed by atoms with van der Waals surface area (Å²) in [5.41, 5.74) is 1.12. The normalized spacial score (nSPS) is 17.8. The van der Waals surface area contributed by atoms with Crippen LogP contribution in [0.3, 0.4) is 0 Å². The first-order valence-corrected chi connectivity index (χ1v) is 7.20. The Hall–Kier alpha value is -1.61. The Morgan fingerprint density at radius 3 is 2.40 bits per heavy atom. The summed E-state index contributed by atoms with van der Waals surface area (Å²) >= 11 is 0. The Bertz CT molecular complexity index is 466. The lowest BCUT2D eigenvalue weighted by atomic mass is 10.1.